The van der Waals surface area contributed by atoms with Crippen LogP contribution in [0.15, 0.2) is 18.2 Å². The number of hydrogen-bond donors (Lipinski definition) is 2. The smallest absolute Gasteiger partial charge is 0.251 e. The van der Waals surface area contributed by atoms with Crippen LogP contribution >= 0.6 is 0 Å². The van der Waals surface area contributed by atoms with E-state index < -0.39 is 0 Å². The van der Waals surface area contributed by atoms with Crippen molar-refractivity contribution in [3.63, 3.8) is 0 Å². The first kappa shape index (κ1) is 14.5. The number of nitrogens with one attached hydrogen (secondary N) is 2. The van der Waals surface area contributed by atoms with Gasteiger partial charge in [0, 0.05) is 11.6 Å². The van der Waals surface area contributed by atoms with Gasteiger partial charge in [-0.15, -0.1) is 0 Å². The topological polar surface area (TPSA) is 41.1 Å². The van der Waals surface area contributed by atoms with Gasteiger partial charge in [-0.05, 0) is 62.4 Å². The largest absolute Gasteiger partial charge is 0.349 e. The summed E-state index contributed by atoms with van der Waals surface area (Å²) in [5.74, 6) is -0.100. The Hall–Kier alpha value is -1.42. The normalized spacial score (nSPS) is 20.6. The Labute approximate surface area is 125 Å². The van der Waals surface area contributed by atoms with Crippen LogP contribution in [0.1, 0.15) is 60.4 Å². The number of carbonyl (C=O) groups is 1. The Morgan fingerprint density at radius 3 is 2.52 bits per heavy atom. The standard InChI is InChI=1S/C17H23FN2O/c18-16-11-13(17(21)20-14-3-1-2-4-14)5-6-15(16)12-7-9-19-10-8-12/h5-6,11-12,14,19H,1-4,7-10H2,(H,20,21). The van der Waals surface area contributed by atoms with Gasteiger partial charge in [0.15, 0.2) is 0 Å². The molecule has 1 aromatic rings. The van der Waals surface area contributed by atoms with Gasteiger partial charge < -0.3 is 10.6 Å². The Morgan fingerprint density at radius 1 is 1.14 bits per heavy atom. The van der Waals surface area contributed by atoms with Crippen molar-refractivity contribution in [3.8, 4) is 0 Å². The average molecular weight is 290 g/mol. The van der Waals surface area contributed by atoms with Crippen LogP contribution < -0.4 is 10.6 Å². The van der Waals surface area contributed by atoms with E-state index in [9.17, 15) is 9.18 Å². The summed E-state index contributed by atoms with van der Waals surface area (Å²) in [4.78, 5) is 12.2. The predicted octanol–water partition coefficient (Wildman–Crippen LogP) is 2.97. The van der Waals surface area contributed by atoms with Gasteiger partial charge in [-0.25, -0.2) is 4.39 Å². The number of carbonyl (C=O) groups excluding carboxylic acids is 1. The Balaban J connectivity index is 1.69. The third kappa shape index (κ3) is 3.43. The van der Waals surface area contributed by atoms with E-state index in [-0.39, 0.29) is 23.7 Å². The Kier molecular flexibility index (Phi) is 4.54. The van der Waals surface area contributed by atoms with E-state index in [1.807, 2.05) is 0 Å². The van der Waals surface area contributed by atoms with E-state index >= 15 is 0 Å². The first-order valence-corrected chi connectivity index (χ1v) is 8.05. The van der Waals surface area contributed by atoms with Crippen molar-refractivity contribution in [2.75, 3.05) is 13.1 Å². The Morgan fingerprint density at radius 2 is 1.86 bits per heavy atom. The Bertz CT molecular complexity index is 506. The molecular weight excluding hydrogens is 267 g/mol. The van der Waals surface area contributed by atoms with Crippen LogP contribution in [0, 0.1) is 5.82 Å². The molecule has 1 aliphatic carbocycles. The second kappa shape index (κ2) is 6.56. The van der Waals surface area contributed by atoms with E-state index in [4.69, 9.17) is 0 Å². The molecule has 2 aliphatic rings. The molecule has 0 bridgehead atoms. The van der Waals surface area contributed by atoms with Gasteiger partial charge in [0.1, 0.15) is 5.82 Å². The summed E-state index contributed by atoms with van der Waals surface area (Å²) in [6.45, 7) is 1.88. The molecule has 3 nitrogen and oxygen atoms in total. The van der Waals surface area contributed by atoms with E-state index in [0.29, 0.717) is 5.56 Å². The lowest BCUT2D eigenvalue weighted by Crippen LogP contribution is -2.32. The van der Waals surface area contributed by atoms with Gasteiger partial charge in [0.05, 0.1) is 0 Å². The second-order valence-corrected chi connectivity index (χ2v) is 6.22. The third-order valence-electron chi connectivity index (χ3n) is 4.73. The highest BCUT2D eigenvalue weighted by Crippen LogP contribution is 2.28. The molecule has 1 saturated heterocycles. The van der Waals surface area contributed by atoms with Crippen molar-refractivity contribution in [1.29, 1.82) is 0 Å². The van der Waals surface area contributed by atoms with Crippen molar-refractivity contribution in [1.82, 2.24) is 10.6 Å². The molecule has 21 heavy (non-hydrogen) atoms. The van der Waals surface area contributed by atoms with Crippen molar-refractivity contribution in [2.24, 2.45) is 0 Å². The molecule has 0 radical (unpaired) electrons. The second-order valence-electron chi connectivity index (χ2n) is 6.22. The lowest BCUT2D eigenvalue weighted by Gasteiger charge is -2.23. The molecule has 1 amide bonds. The third-order valence-corrected chi connectivity index (χ3v) is 4.73. The maximum atomic E-state index is 14.3. The number of rotatable bonds is 3. The summed E-state index contributed by atoms with van der Waals surface area (Å²) in [6.07, 6.45) is 6.36. The zero-order chi connectivity index (χ0) is 14.7. The van der Waals surface area contributed by atoms with Crippen molar-refractivity contribution in [3.05, 3.63) is 35.1 Å². The number of piperidine rings is 1. The minimum absolute atomic E-state index is 0.141. The zero-order valence-corrected chi connectivity index (χ0v) is 12.3. The molecule has 114 valence electrons. The molecule has 1 aliphatic heterocycles. The molecule has 1 saturated carbocycles. The lowest BCUT2D eigenvalue weighted by atomic mass is 9.89. The number of amides is 1. The molecule has 0 atom stereocenters. The number of benzene rings is 1. The van der Waals surface area contributed by atoms with Crippen LogP contribution in [0.2, 0.25) is 0 Å². The summed E-state index contributed by atoms with van der Waals surface area (Å²) in [5.41, 5.74) is 1.20. The van der Waals surface area contributed by atoms with E-state index in [1.165, 1.54) is 18.9 Å². The fourth-order valence-electron chi connectivity index (χ4n) is 3.47. The van der Waals surface area contributed by atoms with Gasteiger partial charge in [0.25, 0.3) is 5.91 Å². The number of halogens is 1. The quantitative estimate of drug-likeness (QED) is 0.898. The fourth-order valence-corrected chi connectivity index (χ4v) is 3.47. The van der Waals surface area contributed by atoms with Crippen LogP contribution in [0.5, 0.6) is 0 Å². The predicted molar refractivity (Wildman–Crippen MR) is 81.0 cm³/mol. The molecule has 2 fully saturated rings. The molecule has 1 heterocycles. The van der Waals surface area contributed by atoms with Crippen LogP contribution in [0.3, 0.4) is 0 Å². The fraction of sp³-hybridized carbons (Fsp3) is 0.588. The van der Waals surface area contributed by atoms with Crippen molar-refractivity contribution in [2.45, 2.75) is 50.5 Å². The molecule has 0 unspecified atom stereocenters. The summed E-state index contributed by atoms with van der Waals surface area (Å²) in [5, 5.41) is 6.29. The number of hydrogen-bond acceptors (Lipinski definition) is 2. The first-order chi connectivity index (χ1) is 10.2. The van der Waals surface area contributed by atoms with Crippen molar-refractivity contribution < 1.29 is 9.18 Å². The molecule has 3 rings (SSSR count). The maximum Gasteiger partial charge on any atom is 0.251 e. The maximum absolute atomic E-state index is 14.3. The SMILES string of the molecule is O=C(NC1CCCC1)c1ccc(C2CCNCC2)c(F)c1. The van der Waals surface area contributed by atoms with Gasteiger partial charge >= 0.3 is 0 Å². The minimum Gasteiger partial charge on any atom is -0.349 e. The van der Waals surface area contributed by atoms with Gasteiger partial charge in [0.2, 0.25) is 0 Å². The summed E-state index contributed by atoms with van der Waals surface area (Å²) in [6, 6.07) is 5.24. The molecule has 2 N–H and O–H groups in total. The monoisotopic (exact) mass is 290 g/mol. The van der Waals surface area contributed by atoms with Gasteiger partial charge in [-0.2, -0.15) is 0 Å². The summed E-state index contributed by atoms with van der Waals surface area (Å²) >= 11 is 0. The van der Waals surface area contributed by atoms with Crippen LogP contribution in [0.4, 0.5) is 4.39 Å². The highest BCUT2D eigenvalue weighted by atomic mass is 19.1. The van der Waals surface area contributed by atoms with E-state index in [2.05, 4.69) is 10.6 Å². The van der Waals surface area contributed by atoms with E-state index in [1.54, 1.807) is 12.1 Å². The highest BCUT2D eigenvalue weighted by Gasteiger charge is 2.21. The van der Waals surface area contributed by atoms with E-state index in [0.717, 1.165) is 44.3 Å². The average Bonchev–Trinajstić information content (AvgIpc) is 3.01. The minimum atomic E-state index is -0.235. The zero-order valence-electron chi connectivity index (χ0n) is 12.3. The molecule has 0 spiro atoms. The molecule has 0 aromatic heterocycles. The lowest BCUT2D eigenvalue weighted by molar-refractivity contribution is 0.0937. The van der Waals surface area contributed by atoms with Crippen LogP contribution in [-0.2, 0) is 0 Å². The highest BCUT2D eigenvalue weighted by molar-refractivity contribution is 5.94. The van der Waals surface area contributed by atoms with Crippen LogP contribution in [0.25, 0.3) is 0 Å². The van der Waals surface area contributed by atoms with Crippen LogP contribution in [-0.4, -0.2) is 25.0 Å². The molecule has 1 aromatic carbocycles. The van der Waals surface area contributed by atoms with Gasteiger partial charge in [-0.3, -0.25) is 4.79 Å². The summed E-state index contributed by atoms with van der Waals surface area (Å²) < 4.78 is 14.3. The summed E-state index contributed by atoms with van der Waals surface area (Å²) in [7, 11) is 0. The van der Waals surface area contributed by atoms with Gasteiger partial charge in [-0.1, -0.05) is 18.9 Å². The molecular formula is C17H23FN2O. The molecule has 4 heteroatoms. The van der Waals surface area contributed by atoms with Crippen molar-refractivity contribution >= 4 is 5.91 Å². The first-order valence-electron chi connectivity index (χ1n) is 8.05.